The van der Waals surface area contributed by atoms with Crippen LogP contribution >= 0.6 is 24.2 Å². The Kier molecular flexibility index (Phi) is 8.46. The summed E-state index contributed by atoms with van der Waals surface area (Å²) in [6.45, 7) is 2.94. The molecule has 1 fully saturated rings. The molecule has 0 aliphatic carbocycles. The molecule has 154 valence electrons. The predicted octanol–water partition coefficient (Wildman–Crippen LogP) is 5.95. The van der Waals surface area contributed by atoms with Gasteiger partial charge in [0.05, 0.1) is 0 Å². The molecule has 0 amide bonds. The van der Waals surface area contributed by atoms with Gasteiger partial charge in [0.15, 0.2) is 0 Å². The molecule has 0 bridgehead atoms. The number of piperidine rings is 1. The summed E-state index contributed by atoms with van der Waals surface area (Å²) >= 11 is 1.70. The monoisotopic (exact) mass is 435 g/mol. The number of nitrogens with zero attached hydrogens (tertiary/aromatic N) is 1. The smallest absolute Gasteiger partial charge is 0.406 e. The summed E-state index contributed by atoms with van der Waals surface area (Å²) in [5.74, 6) is -0.406. The molecule has 0 spiro atoms. The molecule has 1 aliphatic rings. The average Bonchev–Trinajstić information content (AvgIpc) is 2.63. The molecule has 1 heterocycles. The summed E-state index contributed by atoms with van der Waals surface area (Å²) < 4.78 is 53.4. The van der Waals surface area contributed by atoms with Crippen molar-refractivity contribution >= 4 is 24.2 Å². The number of likely N-dealkylation sites (tertiary alicyclic amines) is 1. The molecule has 28 heavy (non-hydrogen) atoms. The first-order valence-electron chi connectivity index (χ1n) is 8.87. The lowest BCUT2D eigenvalue weighted by Gasteiger charge is -2.31. The lowest BCUT2D eigenvalue weighted by atomic mass is 10.1. The Labute approximate surface area is 172 Å². The van der Waals surface area contributed by atoms with Crippen LogP contribution in [0.4, 0.5) is 17.6 Å². The molecule has 0 N–H and O–H groups in total. The summed E-state index contributed by atoms with van der Waals surface area (Å²) in [5, 5.41) is 0.460. The van der Waals surface area contributed by atoms with Gasteiger partial charge < -0.3 is 9.64 Å². The van der Waals surface area contributed by atoms with E-state index < -0.39 is 6.36 Å². The molecule has 0 atom stereocenters. The number of ether oxygens (including phenoxy) is 1. The van der Waals surface area contributed by atoms with Crippen LogP contribution < -0.4 is 4.74 Å². The van der Waals surface area contributed by atoms with Crippen molar-refractivity contribution in [1.29, 1.82) is 0 Å². The molecule has 2 aromatic carbocycles. The van der Waals surface area contributed by atoms with Gasteiger partial charge in [0, 0.05) is 16.7 Å². The van der Waals surface area contributed by atoms with E-state index in [0.29, 0.717) is 5.25 Å². The Morgan fingerprint density at radius 3 is 2.14 bits per heavy atom. The standard InChI is InChI=1S/C20H21F4NOS.ClH/c21-16-3-1-15(2-4-16)9-12-25-13-10-19(11-14-25)27-18-7-5-17(6-8-18)26-20(22,23)24;/h1-8,19H,9-14H2;1H. The van der Waals surface area contributed by atoms with Gasteiger partial charge in [0.25, 0.3) is 0 Å². The van der Waals surface area contributed by atoms with E-state index in [1.54, 1.807) is 23.9 Å². The largest absolute Gasteiger partial charge is 0.573 e. The van der Waals surface area contributed by atoms with Crippen molar-refractivity contribution in [1.82, 2.24) is 4.90 Å². The van der Waals surface area contributed by atoms with Gasteiger partial charge in [-0.15, -0.1) is 37.3 Å². The van der Waals surface area contributed by atoms with Crippen LogP contribution in [-0.2, 0) is 6.42 Å². The summed E-state index contributed by atoms with van der Waals surface area (Å²) in [5.41, 5.74) is 1.13. The fraction of sp³-hybridized carbons (Fsp3) is 0.400. The molecule has 8 heteroatoms. The maximum absolute atomic E-state index is 12.9. The first-order valence-corrected chi connectivity index (χ1v) is 9.75. The van der Waals surface area contributed by atoms with Crippen LogP contribution in [0, 0.1) is 5.82 Å². The van der Waals surface area contributed by atoms with E-state index in [9.17, 15) is 17.6 Å². The predicted molar refractivity (Wildman–Crippen MR) is 106 cm³/mol. The highest BCUT2D eigenvalue weighted by Crippen LogP contribution is 2.32. The maximum atomic E-state index is 12.9. The van der Waals surface area contributed by atoms with E-state index in [1.165, 1.54) is 24.3 Å². The molecular weight excluding hydrogens is 414 g/mol. The van der Waals surface area contributed by atoms with E-state index >= 15 is 0 Å². The van der Waals surface area contributed by atoms with Crippen LogP contribution in [0.15, 0.2) is 53.4 Å². The fourth-order valence-electron chi connectivity index (χ4n) is 3.10. The van der Waals surface area contributed by atoms with Crippen LogP contribution in [0.1, 0.15) is 18.4 Å². The van der Waals surface area contributed by atoms with E-state index in [2.05, 4.69) is 9.64 Å². The van der Waals surface area contributed by atoms with Crippen molar-refractivity contribution in [3.05, 3.63) is 59.9 Å². The van der Waals surface area contributed by atoms with Gasteiger partial charge in [0.2, 0.25) is 0 Å². The summed E-state index contributed by atoms with van der Waals surface area (Å²) in [7, 11) is 0. The summed E-state index contributed by atoms with van der Waals surface area (Å²) in [6, 6.07) is 12.7. The molecule has 2 nitrogen and oxygen atoms in total. The normalized spacial score (nSPS) is 15.9. The number of hydrogen-bond acceptors (Lipinski definition) is 3. The van der Waals surface area contributed by atoms with Crippen molar-refractivity contribution in [2.75, 3.05) is 19.6 Å². The molecule has 3 rings (SSSR count). The van der Waals surface area contributed by atoms with Gasteiger partial charge in [-0.3, -0.25) is 0 Å². The van der Waals surface area contributed by atoms with Crippen molar-refractivity contribution in [2.45, 2.75) is 35.8 Å². The summed E-state index contributed by atoms with van der Waals surface area (Å²) in [6.07, 6.45) is -1.68. The van der Waals surface area contributed by atoms with Crippen molar-refractivity contribution < 1.29 is 22.3 Å². The maximum Gasteiger partial charge on any atom is 0.573 e. The van der Waals surface area contributed by atoms with Crippen LogP contribution in [0.5, 0.6) is 5.75 Å². The molecule has 0 radical (unpaired) electrons. The number of rotatable bonds is 6. The molecular formula is C20H22ClF4NOS. The van der Waals surface area contributed by atoms with Crippen molar-refractivity contribution in [2.24, 2.45) is 0 Å². The Morgan fingerprint density at radius 2 is 1.57 bits per heavy atom. The highest BCUT2D eigenvalue weighted by atomic mass is 35.5. The van der Waals surface area contributed by atoms with E-state index in [1.807, 2.05) is 12.1 Å². The lowest BCUT2D eigenvalue weighted by molar-refractivity contribution is -0.274. The highest BCUT2D eigenvalue weighted by molar-refractivity contribution is 8.00. The van der Waals surface area contributed by atoms with E-state index in [4.69, 9.17) is 0 Å². The highest BCUT2D eigenvalue weighted by Gasteiger charge is 2.31. The van der Waals surface area contributed by atoms with E-state index in [-0.39, 0.29) is 24.0 Å². The Bertz CT molecular complexity index is 716. The zero-order chi connectivity index (χ0) is 19.3. The third-order valence-corrected chi connectivity index (χ3v) is 5.87. The van der Waals surface area contributed by atoms with Gasteiger partial charge in [-0.2, -0.15) is 0 Å². The fourth-order valence-corrected chi connectivity index (χ4v) is 4.23. The molecule has 1 aliphatic heterocycles. The Balaban J connectivity index is 0.00000280. The second-order valence-electron chi connectivity index (χ2n) is 6.55. The summed E-state index contributed by atoms with van der Waals surface area (Å²) in [4.78, 5) is 3.36. The first kappa shape index (κ1) is 22.8. The van der Waals surface area contributed by atoms with Gasteiger partial charge >= 0.3 is 6.36 Å². The van der Waals surface area contributed by atoms with Gasteiger partial charge in [-0.05, 0) is 74.3 Å². The zero-order valence-electron chi connectivity index (χ0n) is 15.1. The second-order valence-corrected chi connectivity index (χ2v) is 7.93. The van der Waals surface area contributed by atoms with Crippen molar-refractivity contribution in [3.63, 3.8) is 0 Å². The number of hydrogen-bond donors (Lipinski definition) is 0. The Morgan fingerprint density at radius 1 is 0.964 bits per heavy atom. The van der Waals surface area contributed by atoms with Crippen molar-refractivity contribution in [3.8, 4) is 5.75 Å². The second kappa shape index (κ2) is 10.4. The molecule has 1 saturated heterocycles. The third-order valence-electron chi connectivity index (χ3n) is 4.52. The topological polar surface area (TPSA) is 12.5 Å². The molecule has 0 saturated carbocycles. The minimum atomic E-state index is -4.66. The van der Waals surface area contributed by atoms with Crippen LogP contribution in [0.3, 0.4) is 0 Å². The quantitative estimate of drug-likeness (QED) is 0.520. The average molecular weight is 436 g/mol. The minimum absolute atomic E-state index is 0. The number of alkyl halides is 3. The van der Waals surface area contributed by atoms with Crippen LogP contribution in [-0.4, -0.2) is 36.1 Å². The van der Waals surface area contributed by atoms with Gasteiger partial charge in [-0.25, -0.2) is 4.39 Å². The minimum Gasteiger partial charge on any atom is -0.406 e. The lowest BCUT2D eigenvalue weighted by Crippen LogP contribution is -2.36. The van der Waals surface area contributed by atoms with Gasteiger partial charge in [-0.1, -0.05) is 12.1 Å². The Hall–Kier alpha value is -1.44. The van der Waals surface area contributed by atoms with Crippen LogP contribution in [0.2, 0.25) is 0 Å². The van der Waals surface area contributed by atoms with E-state index in [0.717, 1.165) is 49.4 Å². The van der Waals surface area contributed by atoms with Crippen LogP contribution in [0.25, 0.3) is 0 Å². The number of benzene rings is 2. The van der Waals surface area contributed by atoms with Gasteiger partial charge in [0.1, 0.15) is 11.6 Å². The molecule has 0 unspecified atom stereocenters. The number of halogens is 5. The zero-order valence-corrected chi connectivity index (χ0v) is 16.8. The third kappa shape index (κ3) is 7.53. The SMILES string of the molecule is Cl.Fc1ccc(CCN2CCC(Sc3ccc(OC(F)(F)F)cc3)CC2)cc1. The first-order chi connectivity index (χ1) is 12.9. The molecule has 0 aromatic heterocycles. The number of thioether (sulfide) groups is 1. The molecule has 2 aromatic rings.